The molecule has 0 aromatic carbocycles. The van der Waals surface area contributed by atoms with E-state index in [0.717, 1.165) is 0 Å². The Kier molecular flexibility index (Phi) is 2.87. The zero-order chi connectivity index (χ0) is 11.0. The molecule has 2 rings (SSSR count). The molecule has 0 radical (unpaired) electrons. The normalized spacial score (nSPS) is 18.3. The van der Waals surface area contributed by atoms with Crippen molar-refractivity contribution in [2.75, 3.05) is 7.11 Å². The summed E-state index contributed by atoms with van der Waals surface area (Å²) in [5, 5.41) is 0.240. The van der Waals surface area contributed by atoms with Crippen molar-refractivity contribution in [3.8, 4) is 0 Å². The summed E-state index contributed by atoms with van der Waals surface area (Å²) in [7, 11) is 1.31. The third-order valence-corrected chi connectivity index (χ3v) is 2.86. The number of halogens is 2. The maximum atomic E-state index is 11.4. The van der Waals surface area contributed by atoms with Gasteiger partial charge in [-0.05, 0) is 22.6 Å². The smallest absolute Gasteiger partial charge is 0.336 e. The van der Waals surface area contributed by atoms with Gasteiger partial charge in [-0.1, -0.05) is 11.6 Å². The molecule has 1 unspecified atom stereocenters. The second-order valence-corrected chi connectivity index (χ2v) is 4.18. The number of hydrogen-bond acceptors (Lipinski definition) is 5. The van der Waals surface area contributed by atoms with Crippen LogP contribution in [0.1, 0.15) is 17.4 Å². The van der Waals surface area contributed by atoms with Crippen LogP contribution >= 0.6 is 34.2 Å². The highest BCUT2D eigenvalue weighted by Crippen LogP contribution is 2.30. The highest BCUT2D eigenvalue weighted by molar-refractivity contribution is 14.1. The molecule has 0 spiro atoms. The minimum absolute atomic E-state index is 0.240. The first-order chi connectivity index (χ1) is 7.13. The molecule has 7 heteroatoms. The second-order valence-electron chi connectivity index (χ2n) is 2.77. The van der Waals surface area contributed by atoms with Gasteiger partial charge < -0.3 is 4.74 Å². The molecule has 2 heterocycles. The van der Waals surface area contributed by atoms with E-state index in [1.807, 2.05) is 22.6 Å². The fraction of sp³-hybridized carbons (Fsp3) is 0.250. The van der Waals surface area contributed by atoms with E-state index in [9.17, 15) is 4.79 Å². The van der Waals surface area contributed by atoms with Crippen molar-refractivity contribution in [2.24, 2.45) is 4.99 Å². The Morgan fingerprint density at radius 3 is 3.07 bits per heavy atom. The third-order valence-electron chi connectivity index (χ3n) is 1.89. The van der Waals surface area contributed by atoms with Crippen molar-refractivity contribution in [1.82, 2.24) is 9.97 Å². The number of carbonyl (C=O) groups is 1. The van der Waals surface area contributed by atoms with Crippen LogP contribution in [0.2, 0.25) is 5.15 Å². The van der Waals surface area contributed by atoms with Gasteiger partial charge in [-0.25, -0.2) is 14.8 Å². The fourth-order valence-electron chi connectivity index (χ4n) is 1.24. The molecule has 5 nitrogen and oxygen atoms in total. The first kappa shape index (κ1) is 10.7. The van der Waals surface area contributed by atoms with Crippen LogP contribution in [-0.2, 0) is 9.53 Å². The Labute approximate surface area is 104 Å². The van der Waals surface area contributed by atoms with Crippen LogP contribution in [0.15, 0.2) is 11.2 Å². The van der Waals surface area contributed by atoms with Crippen molar-refractivity contribution < 1.29 is 9.53 Å². The van der Waals surface area contributed by atoms with Crippen LogP contribution in [0.3, 0.4) is 0 Å². The Balaban J connectivity index is 2.50. The van der Waals surface area contributed by atoms with Crippen molar-refractivity contribution in [1.29, 1.82) is 0 Å². The highest BCUT2D eigenvalue weighted by Gasteiger charge is 2.33. The van der Waals surface area contributed by atoms with E-state index in [0.29, 0.717) is 15.1 Å². The van der Waals surface area contributed by atoms with Crippen LogP contribution < -0.4 is 0 Å². The van der Waals surface area contributed by atoms with Gasteiger partial charge in [0.15, 0.2) is 6.04 Å². The van der Waals surface area contributed by atoms with Gasteiger partial charge in [0.25, 0.3) is 0 Å². The molecule has 1 aromatic rings. The van der Waals surface area contributed by atoms with Crippen molar-refractivity contribution in [2.45, 2.75) is 6.04 Å². The molecule has 0 aliphatic carbocycles. The zero-order valence-electron chi connectivity index (χ0n) is 7.57. The molecule has 78 valence electrons. The number of rotatable bonds is 1. The summed E-state index contributed by atoms with van der Waals surface area (Å²) >= 11 is 7.70. The predicted octanol–water partition coefficient (Wildman–Crippen LogP) is 1.54. The molecular formula is C8H5ClIN3O2. The Hall–Kier alpha value is -0.760. The van der Waals surface area contributed by atoms with E-state index in [2.05, 4.69) is 19.7 Å². The first-order valence-electron chi connectivity index (χ1n) is 3.97. The number of aromatic nitrogens is 2. The van der Waals surface area contributed by atoms with Crippen molar-refractivity contribution >= 4 is 43.9 Å². The van der Waals surface area contributed by atoms with E-state index < -0.39 is 12.0 Å². The number of methoxy groups -OCH3 is 1. The van der Waals surface area contributed by atoms with E-state index in [1.165, 1.54) is 13.3 Å². The summed E-state index contributed by atoms with van der Waals surface area (Å²) in [6, 6.07) is -0.733. The number of fused-ring (bicyclic) bond motifs is 1. The van der Waals surface area contributed by atoms with Crippen LogP contribution in [0.4, 0.5) is 0 Å². The lowest BCUT2D eigenvalue weighted by molar-refractivity contribution is -0.142. The lowest BCUT2D eigenvalue weighted by Crippen LogP contribution is -2.12. The molecular weight excluding hydrogens is 332 g/mol. The molecule has 0 bridgehead atoms. The van der Waals surface area contributed by atoms with Gasteiger partial charge in [-0.3, -0.25) is 4.99 Å². The second kappa shape index (κ2) is 4.01. The predicted molar refractivity (Wildman–Crippen MR) is 62.4 cm³/mol. The molecule has 0 saturated carbocycles. The van der Waals surface area contributed by atoms with E-state index in [4.69, 9.17) is 11.6 Å². The van der Waals surface area contributed by atoms with Gasteiger partial charge in [0.2, 0.25) is 0 Å². The largest absolute Gasteiger partial charge is 0.467 e. The van der Waals surface area contributed by atoms with Gasteiger partial charge in [-0.2, -0.15) is 0 Å². The highest BCUT2D eigenvalue weighted by atomic mass is 127. The Bertz CT molecular complexity index is 463. The minimum atomic E-state index is -0.733. The Morgan fingerprint density at radius 2 is 2.40 bits per heavy atom. The summed E-state index contributed by atoms with van der Waals surface area (Å²) in [6.07, 6.45) is 1.42. The number of aliphatic imine (C=N–C) groups is 1. The van der Waals surface area contributed by atoms with Crippen LogP contribution in [0.5, 0.6) is 0 Å². The molecule has 0 saturated heterocycles. The number of hydrogen-bond donors (Lipinski definition) is 0. The third kappa shape index (κ3) is 1.83. The van der Waals surface area contributed by atoms with Crippen molar-refractivity contribution in [3.63, 3.8) is 0 Å². The Morgan fingerprint density at radius 1 is 1.67 bits per heavy atom. The van der Waals surface area contributed by atoms with Gasteiger partial charge in [0.1, 0.15) is 20.3 Å². The van der Waals surface area contributed by atoms with Gasteiger partial charge in [0.05, 0.1) is 13.3 Å². The van der Waals surface area contributed by atoms with Crippen LogP contribution in [-0.4, -0.2) is 26.8 Å². The maximum Gasteiger partial charge on any atom is 0.336 e. The van der Waals surface area contributed by atoms with Crippen LogP contribution in [0, 0.1) is 0 Å². The lowest BCUT2D eigenvalue weighted by atomic mass is 10.2. The molecule has 1 aliphatic rings. The number of ether oxygens (including phenoxy) is 1. The number of nitrogens with zero attached hydrogens (tertiary/aromatic N) is 3. The first-order valence-corrected chi connectivity index (χ1v) is 5.43. The van der Waals surface area contributed by atoms with Gasteiger partial charge >= 0.3 is 5.97 Å². The summed E-state index contributed by atoms with van der Waals surface area (Å²) in [4.78, 5) is 23.6. The molecule has 1 atom stereocenters. The molecule has 0 N–H and O–H groups in total. The number of carbonyl (C=O) groups excluding carboxylic acids is 1. The molecule has 1 aliphatic heterocycles. The summed E-state index contributed by atoms with van der Waals surface area (Å²) < 4.78 is 5.26. The molecule has 0 amide bonds. The van der Waals surface area contributed by atoms with E-state index in [1.54, 1.807) is 0 Å². The van der Waals surface area contributed by atoms with Crippen LogP contribution in [0.25, 0.3) is 0 Å². The summed E-state index contributed by atoms with van der Waals surface area (Å²) in [5.41, 5.74) is 1.05. The quantitative estimate of drug-likeness (QED) is 0.576. The van der Waals surface area contributed by atoms with E-state index in [-0.39, 0.29) is 5.15 Å². The summed E-state index contributed by atoms with van der Waals surface area (Å²) in [5.74, 6) is -0.459. The average molecular weight is 338 g/mol. The monoisotopic (exact) mass is 337 g/mol. The van der Waals surface area contributed by atoms with Crippen molar-refractivity contribution in [3.05, 3.63) is 22.7 Å². The summed E-state index contributed by atoms with van der Waals surface area (Å²) in [6.45, 7) is 0. The van der Waals surface area contributed by atoms with Gasteiger partial charge in [-0.15, -0.1) is 0 Å². The lowest BCUT2D eigenvalue weighted by Gasteiger charge is -2.05. The van der Waals surface area contributed by atoms with Gasteiger partial charge in [0, 0.05) is 0 Å². The number of esters is 1. The molecule has 0 fully saturated rings. The average Bonchev–Trinajstić information content (AvgIpc) is 2.54. The molecule has 15 heavy (non-hydrogen) atoms. The zero-order valence-corrected chi connectivity index (χ0v) is 10.5. The van der Waals surface area contributed by atoms with E-state index >= 15 is 0 Å². The maximum absolute atomic E-state index is 11.4. The fourth-order valence-corrected chi connectivity index (χ4v) is 2.08. The minimum Gasteiger partial charge on any atom is -0.467 e. The standard InChI is InChI=1S/C8H5ClIN3O2/c1-15-8(14)6-4-5(7(10)13-6)11-2-3(9)12-4/h2,6H,1H3. The SMILES string of the molecule is COC(=O)C1N=C(I)c2ncc(Cl)nc21. The topological polar surface area (TPSA) is 64.4 Å². The molecule has 1 aromatic heterocycles.